The molecule has 4 aromatic heterocycles. The molecule has 4 N–H and O–H groups in total. The number of furan rings is 1. The molecular weight excluding hydrogens is 831 g/mol. The first-order valence-electron chi connectivity index (χ1n) is 22.3. The number of amides is 4. The summed E-state index contributed by atoms with van der Waals surface area (Å²) in [6, 6.07) is 14.4. The van der Waals surface area contributed by atoms with Crippen molar-refractivity contribution in [2.75, 3.05) is 27.3 Å². The quantitative estimate of drug-likeness (QED) is 0.0987. The molecule has 0 radical (unpaired) electrons. The fourth-order valence-electron chi connectivity index (χ4n) is 9.66. The second-order valence-electron chi connectivity index (χ2n) is 17.8. The standard InChI is InChI=1S/C48H55N9O8/c1-25(2)40(53-47(60)62-6)44(58)55-16-8-11-34(55)42-49-23-31(51-42)28-14-15-33-30(20-28)21-36-39-27(5)19-29(22-38(39)65-46(57(33)36)37-13-10-18-64-37)32-24-50-43(52-32)35-12-9-17-56(35)45(59)41(26(3)4)54-48(61)63-7/h10,13-15,18-26,34-35,40-41,46H,8-9,11-12,16-17H2,1-7H3,(H,49,51)(H,50,52)(H,53,60)(H,54,61)/t34-,35-,40-,41-,46?/m0/s1. The number of likely N-dealkylation sites (tertiary alicyclic amines) is 2. The summed E-state index contributed by atoms with van der Waals surface area (Å²) in [6.07, 6.45) is 6.50. The number of aromatic nitrogens is 5. The van der Waals surface area contributed by atoms with Crippen LogP contribution in [0.15, 0.2) is 71.6 Å². The number of nitrogens with zero attached hydrogens (tertiary/aromatic N) is 5. The Hall–Kier alpha value is -7.04. The van der Waals surface area contributed by atoms with E-state index in [1.54, 1.807) is 17.4 Å². The molecule has 0 saturated carbocycles. The molecule has 2 aromatic carbocycles. The Bertz CT molecular complexity index is 2750. The summed E-state index contributed by atoms with van der Waals surface area (Å²) in [5.74, 6) is 2.11. The maximum Gasteiger partial charge on any atom is 0.407 e. The summed E-state index contributed by atoms with van der Waals surface area (Å²) in [7, 11) is 2.58. The molecule has 0 bridgehead atoms. The zero-order valence-electron chi connectivity index (χ0n) is 37.6. The zero-order valence-corrected chi connectivity index (χ0v) is 37.6. The van der Waals surface area contributed by atoms with Crippen LogP contribution in [0.25, 0.3) is 44.7 Å². The second-order valence-corrected chi connectivity index (χ2v) is 17.8. The minimum absolute atomic E-state index is 0.133. The fourth-order valence-corrected chi connectivity index (χ4v) is 9.66. The number of carbonyl (C=O) groups is 4. The van der Waals surface area contributed by atoms with Crippen LogP contribution in [0.3, 0.4) is 0 Å². The van der Waals surface area contributed by atoms with Crippen molar-refractivity contribution < 1.29 is 37.8 Å². The Morgan fingerprint density at radius 3 is 1.89 bits per heavy atom. The van der Waals surface area contributed by atoms with Crippen LogP contribution >= 0.6 is 0 Å². The largest absolute Gasteiger partial charge is 0.463 e. The van der Waals surface area contributed by atoms with E-state index in [1.807, 2.05) is 57.0 Å². The van der Waals surface area contributed by atoms with Crippen molar-refractivity contribution in [1.29, 1.82) is 0 Å². The number of methoxy groups -OCH3 is 2. The predicted molar refractivity (Wildman–Crippen MR) is 240 cm³/mol. The number of benzene rings is 2. The van der Waals surface area contributed by atoms with Gasteiger partial charge in [-0.1, -0.05) is 33.8 Å². The normalized spacial score (nSPS) is 18.9. The van der Waals surface area contributed by atoms with Crippen molar-refractivity contribution in [3.05, 3.63) is 90.2 Å². The van der Waals surface area contributed by atoms with Crippen LogP contribution in [-0.2, 0) is 19.1 Å². The van der Waals surface area contributed by atoms with Gasteiger partial charge >= 0.3 is 12.2 Å². The molecule has 3 aliphatic heterocycles. The summed E-state index contributed by atoms with van der Waals surface area (Å²) in [5, 5.41) is 6.42. The topological polar surface area (TPSA) is 202 Å². The molecule has 1 unspecified atom stereocenters. The minimum Gasteiger partial charge on any atom is -0.463 e. The summed E-state index contributed by atoms with van der Waals surface area (Å²) in [5.41, 5.74) is 7.30. The molecule has 6 aromatic rings. The predicted octanol–water partition coefficient (Wildman–Crippen LogP) is 8.02. The van der Waals surface area contributed by atoms with Crippen molar-refractivity contribution in [2.24, 2.45) is 11.8 Å². The molecule has 2 fully saturated rings. The lowest BCUT2D eigenvalue weighted by molar-refractivity contribution is -0.136. The first kappa shape index (κ1) is 43.2. The van der Waals surface area contributed by atoms with Gasteiger partial charge in [0.2, 0.25) is 18.0 Å². The average molecular weight is 886 g/mol. The number of aryl methyl sites for hydroxylation is 1. The number of carbonyl (C=O) groups excluding carboxylic acids is 4. The van der Waals surface area contributed by atoms with Crippen molar-refractivity contribution in [3.8, 4) is 39.5 Å². The van der Waals surface area contributed by atoms with Gasteiger partial charge in [0.1, 0.15) is 29.5 Å². The molecule has 2 saturated heterocycles. The number of rotatable bonds is 11. The van der Waals surface area contributed by atoms with Crippen LogP contribution in [0.5, 0.6) is 5.75 Å². The number of fused-ring (bicyclic) bond motifs is 5. The third-order valence-electron chi connectivity index (χ3n) is 13.0. The Morgan fingerprint density at radius 2 is 1.35 bits per heavy atom. The lowest BCUT2D eigenvalue weighted by Crippen LogP contribution is -2.51. The van der Waals surface area contributed by atoms with Crippen molar-refractivity contribution in [3.63, 3.8) is 0 Å². The van der Waals surface area contributed by atoms with Gasteiger partial charge in [-0.2, -0.15) is 0 Å². The van der Waals surface area contributed by atoms with Gasteiger partial charge in [-0.15, -0.1) is 0 Å². The SMILES string of the molecule is COC(=O)N[C@H](C(=O)N1CCC[C@H]1c1ncc(-c2cc(C)c3c(c2)OC(c2ccco2)n2c-3cc3cc(-c4cnc([C@@H]5CCCN5C(=O)[C@@H](NC(=O)OC)C(C)C)[nH]4)ccc32)[nH]1)C(C)C. The Labute approximate surface area is 376 Å². The van der Waals surface area contributed by atoms with E-state index in [0.717, 1.165) is 75.9 Å². The molecule has 3 aliphatic rings. The van der Waals surface area contributed by atoms with Crippen LogP contribution in [0.1, 0.15) is 94.7 Å². The lowest BCUT2D eigenvalue weighted by atomic mass is 9.98. The van der Waals surface area contributed by atoms with E-state index in [0.29, 0.717) is 36.2 Å². The molecular formula is C48H55N9O8. The number of aromatic amines is 2. The molecule has 340 valence electrons. The highest BCUT2D eigenvalue weighted by atomic mass is 16.5. The molecule has 0 spiro atoms. The van der Waals surface area contributed by atoms with Gasteiger partial charge in [0, 0.05) is 35.2 Å². The molecule has 7 heterocycles. The first-order chi connectivity index (χ1) is 31.3. The number of alkyl carbamates (subject to hydrolysis) is 2. The van der Waals surface area contributed by atoms with Crippen molar-refractivity contribution >= 4 is 34.9 Å². The van der Waals surface area contributed by atoms with E-state index < -0.39 is 30.5 Å². The molecule has 4 amide bonds. The van der Waals surface area contributed by atoms with Gasteiger partial charge in [-0.3, -0.25) is 14.2 Å². The number of H-pyrrole nitrogens is 2. The summed E-state index contributed by atoms with van der Waals surface area (Å²) < 4.78 is 24.6. The van der Waals surface area contributed by atoms with Gasteiger partial charge in [0.25, 0.3) is 0 Å². The maximum atomic E-state index is 13.8. The molecule has 9 rings (SSSR count). The van der Waals surface area contributed by atoms with E-state index in [1.165, 1.54) is 14.2 Å². The number of nitrogens with one attached hydrogen (secondary N) is 4. The van der Waals surface area contributed by atoms with E-state index in [4.69, 9.17) is 28.6 Å². The highest BCUT2D eigenvalue weighted by Crippen LogP contribution is 2.48. The minimum atomic E-state index is -0.727. The van der Waals surface area contributed by atoms with Crippen LogP contribution < -0.4 is 15.4 Å². The number of hydrogen-bond donors (Lipinski definition) is 4. The third-order valence-corrected chi connectivity index (χ3v) is 13.0. The molecule has 17 nitrogen and oxygen atoms in total. The Morgan fingerprint density at radius 1 is 0.769 bits per heavy atom. The highest BCUT2D eigenvalue weighted by Gasteiger charge is 2.40. The van der Waals surface area contributed by atoms with Crippen molar-refractivity contribution in [2.45, 2.75) is 90.7 Å². The summed E-state index contributed by atoms with van der Waals surface area (Å²) >= 11 is 0. The van der Waals surface area contributed by atoms with E-state index in [9.17, 15) is 19.2 Å². The van der Waals surface area contributed by atoms with Gasteiger partial charge in [-0.25, -0.2) is 19.6 Å². The maximum absolute atomic E-state index is 13.8. The lowest BCUT2D eigenvalue weighted by Gasteiger charge is -2.30. The second kappa shape index (κ2) is 17.5. The van der Waals surface area contributed by atoms with Gasteiger partial charge in [0.15, 0.2) is 5.76 Å². The van der Waals surface area contributed by atoms with E-state index in [-0.39, 0.29) is 35.7 Å². The highest BCUT2D eigenvalue weighted by molar-refractivity contribution is 5.93. The Balaban J connectivity index is 1.01. The Kier molecular flexibility index (Phi) is 11.6. The van der Waals surface area contributed by atoms with Crippen LogP contribution in [0.4, 0.5) is 9.59 Å². The average Bonchev–Trinajstić information content (AvgIpc) is 4.15. The third kappa shape index (κ3) is 7.97. The smallest absolute Gasteiger partial charge is 0.407 e. The van der Waals surface area contributed by atoms with Crippen LogP contribution in [-0.4, -0.2) is 97.7 Å². The number of ether oxygens (including phenoxy) is 3. The molecule has 17 heteroatoms. The monoisotopic (exact) mass is 885 g/mol. The van der Waals surface area contributed by atoms with Gasteiger partial charge in [-0.05, 0) is 92.5 Å². The molecule has 5 atom stereocenters. The van der Waals surface area contributed by atoms with Crippen molar-refractivity contribution in [1.82, 2.24) is 44.9 Å². The first-order valence-corrected chi connectivity index (χ1v) is 22.3. The summed E-state index contributed by atoms with van der Waals surface area (Å²) in [4.78, 5) is 72.0. The summed E-state index contributed by atoms with van der Waals surface area (Å²) in [6.45, 7) is 10.8. The van der Waals surface area contributed by atoms with Gasteiger partial charge < -0.3 is 49.0 Å². The van der Waals surface area contributed by atoms with E-state index >= 15 is 0 Å². The van der Waals surface area contributed by atoms with Gasteiger partial charge in [0.05, 0.1) is 67.6 Å². The van der Waals surface area contributed by atoms with Crippen LogP contribution in [0.2, 0.25) is 0 Å². The molecule has 65 heavy (non-hydrogen) atoms. The molecule has 0 aliphatic carbocycles. The van der Waals surface area contributed by atoms with E-state index in [2.05, 4.69) is 62.4 Å². The number of hydrogen-bond acceptors (Lipinski definition) is 10. The fraction of sp³-hybridized carbons (Fsp3) is 0.417. The zero-order chi connectivity index (χ0) is 45.7. The number of imidazole rings is 2. The van der Waals surface area contributed by atoms with Crippen LogP contribution in [0, 0.1) is 18.8 Å².